The molecule has 2 aromatic heterocycles. The summed E-state index contributed by atoms with van der Waals surface area (Å²) in [5.41, 5.74) is 3.21. The van der Waals surface area contributed by atoms with Crippen LogP contribution in [-0.4, -0.2) is 27.7 Å². The van der Waals surface area contributed by atoms with Crippen molar-refractivity contribution in [3.63, 3.8) is 0 Å². The largest absolute Gasteiger partial charge is 0.378 e. The summed E-state index contributed by atoms with van der Waals surface area (Å²) in [6.07, 6.45) is 5.48. The highest BCUT2D eigenvalue weighted by Gasteiger charge is 2.03. The summed E-state index contributed by atoms with van der Waals surface area (Å²) in [7, 11) is 1.61. The van der Waals surface area contributed by atoms with E-state index in [-0.39, 0.29) is 12.5 Å². The number of aromatic nitrogens is 3. The Bertz CT molecular complexity index is 758. The van der Waals surface area contributed by atoms with E-state index in [0.29, 0.717) is 6.54 Å². The zero-order chi connectivity index (χ0) is 14.7. The lowest BCUT2D eigenvalue weighted by molar-refractivity contribution is -0.121. The van der Waals surface area contributed by atoms with Gasteiger partial charge in [0, 0.05) is 31.5 Å². The van der Waals surface area contributed by atoms with E-state index in [2.05, 4.69) is 45.0 Å². The molecular weight excluding hydrogens is 266 g/mol. The van der Waals surface area contributed by atoms with E-state index in [1.54, 1.807) is 17.9 Å². The molecule has 2 heterocycles. The second kappa shape index (κ2) is 5.70. The minimum atomic E-state index is -0.0677. The quantitative estimate of drug-likeness (QED) is 0.667. The molecular formula is C15H17N5O. The number of hydrogen-bond acceptors (Lipinski definition) is 3. The molecule has 0 fully saturated rings. The van der Waals surface area contributed by atoms with Gasteiger partial charge in [-0.3, -0.25) is 9.48 Å². The molecule has 0 aliphatic rings. The van der Waals surface area contributed by atoms with Crippen molar-refractivity contribution in [2.75, 3.05) is 12.4 Å². The molecule has 6 nitrogen and oxygen atoms in total. The third kappa shape index (κ3) is 3.05. The number of likely N-dealkylation sites (N-methyl/N-ethyl adjacent to an activating group) is 1. The van der Waals surface area contributed by atoms with E-state index in [9.17, 15) is 4.79 Å². The molecule has 3 rings (SSSR count). The lowest BCUT2D eigenvalue weighted by Gasteiger charge is -2.04. The van der Waals surface area contributed by atoms with Crippen molar-refractivity contribution in [2.45, 2.75) is 13.1 Å². The van der Waals surface area contributed by atoms with Crippen LogP contribution >= 0.6 is 0 Å². The van der Waals surface area contributed by atoms with Crippen LogP contribution in [0.15, 0.2) is 42.9 Å². The standard InChI is InChI=1S/C15H17N5O/c1-16-15(21)10-20-9-13(8-19-20)18-7-11-2-3-12-4-5-17-14(12)6-11/h2-6,8-9,17-18H,7,10H2,1H3,(H,16,21). The fraction of sp³-hybridized carbons (Fsp3) is 0.200. The lowest BCUT2D eigenvalue weighted by atomic mass is 10.1. The van der Waals surface area contributed by atoms with Gasteiger partial charge in [0.1, 0.15) is 6.54 Å². The van der Waals surface area contributed by atoms with Crippen molar-refractivity contribution in [3.8, 4) is 0 Å². The lowest BCUT2D eigenvalue weighted by Crippen LogP contribution is -2.23. The maximum absolute atomic E-state index is 11.3. The predicted octanol–water partition coefficient (Wildman–Crippen LogP) is 1.72. The van der Waals surface area contributed by atoms with Crippen LogP contribution in [0.4, 0.5) is 5.69 Å². The molecule has 0 aliphatic heterocycles. The molecule has 3 N–H and O–H groups in total. The third-order valence-electron chi connectivity index (χ3n) is 3.33. The Kier molecular flexibility index (Phi) is 3.59. The van der Waals surface area contributed by atoms with Crippen LogP contribution in [0.3, 0.4) is 0 Å². The topological polar surface area (TPSA) is 74.7 Å². The smallest absolute Gasteiger partial charge is 0.241 e. The summed E-state index contributed by atoms with van der Waals surface area (Å²) in [5.74, 6) is -0.0677. The molecule has 6 heteroatoms. The number of carbonyl (C=O) groups excluding carboxylic acids is 1. The van der Waals surface area contributed by atoms with Gasteiger partial charge in [-0.2, -0.15) is 5.10 Å². The Morgan fingerprint density at radius 2 is 2.29 bits per heavy atom. The zero-order valence-electron chi connectivity index (χ0n) is 11.8. The fourth-order valence-corrected chi connectivity index (χ4v) is 2.18. The molecule has 0 bridgehead atoms. The Hall–Kier alpha value is -2.76. The Labute approximate surface area is 122 Å². The van der Waals surface area contributed by atoms with Gasteiger partial charge in [0.05, 0.1) is 11.9 Å². The Morgan fingerprint density at radius 1 is 1.38 bits per heavy atom. The van der Waals surface area contributed by atoms with Gasteiger partial charge in [-0.1, -0.05) is 12.1 Å². The molecule has 0 saturated heterocycles. The number of nitrogens with one attached hydrogen (secondary N) is 3. The molecule has 3 aromatic rings. The molecule has 108 valence electrons. The van der Waals surface area contributed by atoms with Crippen molar-refractivity contribution >= 4 is 22.5 Å². The van der Waals surface area contributed by atoms with Gasteiger partial charge < -0.3 is 15.6 Å². The molecule has 1 aromatic carbocycles. The number of aromatic amines is 1. The van der Waals surface area contributed by atoms with Crippen LogP contribution in [0.5, 0.6) is 0 Å². The molecule has 21 heavy (non-hydrogen) atoms. The molecule has 0 radical (unpaired) electrons. The van der Waals surface area contributed by atoms with Gasteiger partial charge in [0.25, 0.3) is 0 Å². The van der Waals surface area contributed by atoms with Crippen LogP contribution in [0.1, 0.15) is 5.56 Å². The zero-order valence-corrected chi connectivity index (χ0v) is 11.8. The molecule has 1 amide bonds. The highest BCUT2D eigenvalue weighted by Crippen LogP contribution is 2.15. The first kappa shape index (κ1) is 13.2. The van der Waals surface area contributed by atoms with Crippen molar-refractivity contribution in [1.82, 2.24) is 20.1 Å². The van der Waals surface area contributed by atoms with Crippen LogP contribution in [-0.2, 0) is 17.9 Å². The molecule has 0 saturated carbocycles. The number of anilines is 1. The van der Waals surface area contributed by atoms with Gasteiger partial charge in [0.15, 0.2) is 0 Å². The number of amides is 1. The van der Waals surface area contributed by atoms with Crippen molar-refractivity contribution in [2.24, 2.45) is 0 Å². The highest BCUT2D eigenvalue weighted by molar-refractivity contribution is 5.79. The van der Waals surface area contributed by atoms with Gasteiger partial charge in [-0.25, -0.2) is 0 Å². The highest BCUT2D eigenvalue weighted by atomic mass is 16.1. The van der Waals surface area contributed by atoms with E-state index in [1.807, 2.05) is 12.4 Å². The molecule has 0 aliphatic carbocycles. The number of rotatable bonds is 5. The number of H-pyrrole nitrogens is 1. The molecule has 0 atom stereocenters. The maximum Gasteiger partial charge on any atom is 0.241 e. The maximum atomic E-state index is 11.3. The van der Waals surface area contributed by atoms with Crippen molar-refractivity contribution in [1.29, 1.82) is 0 Å². The minimum Gasteiger partial charge on any atom is -0.378 e. The minimum absolute atomic E-state index is 0.0677. The van der Waals surface area contributed by atoms with Gasteiger partial charge >= 0.3 is 0 Å². The molecule has 0 spiro atoms. The number of nitrogens with zero attached hydrogens (tertiary/aromatic N) is 2. The van der Waals surface area contributed by atoms with Crippen LogP contribution in [0.25, 0.3) is 10.9 Å². The molecule has 0 unspecified atom stereocenters. The second-order valence-electron chi connectivity index (χ2n) is 4.85. The van der Waals surface area contributed by atoms with E-state index in [0.717, 1.165) is 11.2 Å². The fourth-order valence-electron chi connectivity index (χ4n) is 2.18. The summed E-state index contributed by atoms with van der Waals surface area (Å²) in [6, 6.07) is 8.36. The number of hydrogen-bond donors (Lipinski definition) is 3. The number of benzene rings is 1. The summed E-state index contributed by atoms with van der Waals surface area (Å²) < 4.78 is 1.61. The monoisotopic (exact) mass is 283 g/mol. The second-order valence-corrected chi connectivity index (χ2v) is 4.85. The predicted molar refractivity (Wildman–Crippen MR) is 81.9 cm³/mol. The van der Waals surface area contributed by atoms with Gasteiger partial charge in [0.2, 0.25) is 5.91 Å². The van der Waals surface area contributed by atoms with Crippen LogP contribution in [0.2, 0.25) is 0 Å². The number of carbonyl (C=O) groups is 1. The number of fused-ring (bicyclic) bond motifs is 1. The van der Waals surface area contributed by atoms with Gasteiger partial charge in [-0.05, 0) is 23.1 Å². The average Bonchev–Trinajstić information content (AvgIpc) is 3.13. The summed E-state index contributed by atoms with van der Waals surface area (Å²) in [6.45, 7) is 0.938. The van der Waals surface area contributed by atoms with Crippen molar-refractivity contribution in [3.05, 3.63) is 48.4 Å². The van der Waals surface area contributed by atoms with E-state index in [4.69, 9.17) is 0 Å². The normalized spacial score (nSPS) is 10.7. The van der Waals surface area contributed by atoms with Crippen LogP contribution < -0.4 is 10.6 Å². The van der Waals surface area contributed by atoms with E-state index in [1.165, 1.54) is 10.9 Å². The average molecular weight is 283 g/mol. The van der Waals surface area contributed by atoms with Crippen LogP contribution in [0, 0.1) is 0 Å². The van der Waals surface area contributed by atoms with Crippen molar-refractivity contribution < 1.29 is 4.79 Å². The first-order valence-corrected chi connectivity index (χ1v) is 6.77. The first-order chi connectivity index (χ1) is 10.2. The Balaban J connectivity index is 1.63. The Morgan fingerprint density at radius 3 is 3.14 bits per heavy atom. The van der Waals surface area contributed by atoms with Gasteiger partial charge in [-0.15, -0.1) is 0 Å². The SMILES string of the molecule is CNC(=O)Cn1cc(NCc2ccc3cc[nH]c3c2)cn1. The summed E-state index contributed by atoms with van der Waals surface area (Å²) in [4.78, 5) is 14.5. The van der Waals surface area contributed by atoms with E-state index < -0.39 is 0 Å². The summed E-state index contributed by atoms with van der Waals surface area (Å²) >= 11 is 0. The third-order valence-corrected chi connectivity index (χ3v) is 3.33. The first-order valence-electron chi connectivity index (χ1n) is 6.77. The van der Waals surface area contributed by atoms with E-state index >= 15 is 0 Å². The summed E-state index contributed by atoms with van der Waals surface area (Å²) in [5, 5.41) is 11.2.